The van der Waals surface area contributed by atoms with Gasteiger partial charge in [0.25, 0.3) is 0 Å². The molecule has 0 radical (unpaired) electrons. The molecule has 0 amide bonds. The maximum absolute atomic E-state index is 9.18. The second-order valence-corrected chi connectivity index (χ2v) is 7.42. The number of nitrogens with zero attached hydrogens (tertiary/aromatic N) is 3. The Hall–Kier alpha value is 0.316. The van der Waals surface area contributed by atoms with E-state index < -0.39 is 0 Å². The van der Waals surface area contributed by atoms with Crippen molar-refractivity contribution in [2.45, 2.75) is 13.1 Å². The number of hydrogen-bond donors (Lipinski definition) is 2. The van der Waals surface area contributed by atoms with Crippen LogP contribution in [0.15, 0.2) is 18.2 Å². The molecule has 0 saturated heterocycles. The van der Waals surface area contributed by atoms with E-state index in [1.54, 1.807) is 0 Å². The molecule has 0 unspecified atom stereocenters. The van der Waals surface area contributed by atoms with Gasteiger partial charge in [0.1, 0.15) is 39.3 Å². The number of diazo groups is 1. The molecule has 2 aliphatic rings. The van der Waals surface area contributed by atoms with Crippen molar-refractivity contribution < 1.29 is 97.1 Å². The predicted octanol–water partition coefficient (Wildman–Crippen LogP) is -6.67. The fourth-order valence-corrected chi connectivity index (χ4v) is 3.76. The van der Waals surface area contributed by atoms with E-state index in [0.29, 0.717) is 52.9 Å². The molecule has 2 N–H and O–H groups in total. The van der Waals surface area contributed by atoms with Gasteiger partial charge in [-0.05, 0) is 5.43 Å². The van der Waals surface area contributed by atoms with Crippen molar-refractivity contribution in [2.24, 2.45) is 0 Å². The summed E-state index contributed by atoms with van der Waals surface area (Å²) in [5, 5.41) is 12.3. The maximum atomic E-state index is 9.18. The third-order valence-corrected chi connectivity index (χ3v) is 5.37. The fraction of sp³-hybridized carbons (Fsp3) is 0.700. The molecule has 3 rings (SSSR count). The van der Waals surface area contributed by atoms with E-state index in [9.17, 15) is 5.39 Å². The van der Waals surface area contributed by atoms with Gasteiger partial charge in [-0.2, -0.15) is 0 Å². The Balaban J connectivity index is 0.00000240. The van der Waals surface area contributed by atoms with E-state index in [2.05, 4.69) is 28.7 Å². The van der Waals surface area contributed by atoms with Gasteiger partial charge in [-0.3, -0.25) is 0 Å². The molecule has 1 aromatic rings. The van der Waals surface area contributed by atoms with Crippen LogP contribution in [0, 0.1) is 5.39 Å². The Labute approximate surface area is 237 Å². The van der Waals surface area contributed by atoms with Crippen molar-refractivity contribution in [1.82, 2.24) is 0 Å². The summed E-state index contributed by atoms with van der Waals surface area (Å²) >= 11 is 0. The summed E-state index contributed by atoms with van der Waals surface area (Å²) in [5.74, 6) is 0. The molecule has 0 saturated carbocycles. The summed E-state index contributed by atoms with van der Waals surface area (Å²) in [6.45, 7) is 10.1. The standard InChI is InChI=1S/C20H31N5O4.BrH.K/c21-23-22-20-18-2-1-3-19(20)17-25-6-10-28-14-12-26-8-4-24(16-18)5-9-27-13-15-29-11-7-25;;/h1-3H,4-17H2;1H;/q;;+1/p+1. The zero-order valence-corrected chi connectivity index (χ0v) is 23.2. The number of ether oxygens (including phenoxy) is 4. The van der Waals surface area contributed by atoms with Gasteiger partial charge in [-0.15, -0.1) is 5.39 Å². The van der Waals surface area contributed by atoms with Crippen LogP contribution in [0.5, 0.6) is 0 Å². The van der Waals surface area contributed by atoms with Gasteiger partial charge in [0.15, 0.2) is 0 Å². The number of halogens is 1. The minimum Gasteiger partial charge on any atom is -1.00 e. The van der Waals surface area contributed by atoms with E-state index in [1.807, 2.05) is 0 Å². The van der Waals surface area contributed by atoms with E-state index in [1.165, 1.54) is 9.80 Å². The monoisotopic (exact) mass is 525 g/mol. The van der Waals surface area contributed by atoms with E-state index >= 15 is 0 Å². The summed E-state index contributed by atoms with van der Waals surface area (Å²) in [5.41, 5.74) is 7.00. The first kappa shape index (κ1) is 29.3. The van der Waals surface area contributed by atoms with Crippen molar-refractivity contribution in [2.75, 3.05) is 79.0 Å². The van der Waals surface area contributed by atoms with Gasteiger partial charge in [-0.25, -0.2) is 0 Å². The number of nitrogens with one attached hydrogen (secondary N) is 2. The van der Waals surface area contributed by atoms with Crippen LogP contribution in [0.3, 0.4) is 0 Å². The van der Waals surface area contributed by atoms with Crippen molar-refractivity contribution in [3.05, 3.63) is 39.8 Å². The zero-order chi connectivity index (χ0) is 20.2. The number of benzene rings is 1. The van der Waals surface area contributed by atoms with Crippen LogP contribution in [0.2, 0.25) is 0 Å². The Morgan fingerprint density at radius 1 is 0.710 bits per heavy atom. The van der Waals surface area contributed by atoms with E-state index in [-0.39, 0.29) is 68.4 Å². The first-order valence-corrected chi connectivity index (χ1v) is 10.5. The van der Waals surface area contributed by atoms with Gasteiger partial charge in [0, 0.05) is 11.1 Å². The van der Waals surface area contributed by atoms with Crippen LogP contribution in [0.25, 0.3) is 10.5 Å². The summed E-state index contributed by atoms with van der Waals surface area (Å²) in [7, 11) is 0. The van der Waals surface area contributed by atoms with Crippen molar-refractivity contribution in [1.29, 1.82) is 5.39 Å². The molecule has 2 aliphatic heterocycles. The maximum Gasteiger partial charge on any atom is 1.00 e. The van der Waals surface area contributed by atoms with Gasteiger partial charge in [-0.1, -0.05) is 18.2 Å². The number of quaternary nitrogens is 2. The molecule has 168 valence electrons. The predicted molar refractivity (Wildman–Crippen MR) is 107 cm³/mol. The molecule has 31 heavy (non-hydrogen) atoms. The number of fused-ring (bicyclic) bond motifs is 2. The Kier molecular flexibility index (Phi) is 16.8. The average Bonchev–Trinajstić information content (AvgIpc) is 2.72. The van der Waals surface area contributed by atoms with E-state index in [4.69, 9.17) is 18.9 Å². The molecule has 0 fully saturated rings. The van der Waals surface area contributed by atoms with Crippen LogP contribution in [0.4, 0.5) is 5.69 Å². The Morgan fingerprint density at radius 2 is 1.10 bits per heavy atom. The number of rotatable bonds is 1. The first-order chi connectivity index (χ1) is 14.4. The van der Waals surface area contributed by atoms with Crippen LogP contribution >= 0.6 is 0 Å². The topological polar surface area (TPSA) is 88.1 Å². The number of hydrogen-bond acceptors (Lipinski definition) is 5. The van der Waals surface area contributed by atoms with Crippen molar-refractivity contribution in [3.63, 3.8) is 0 Å². The molecule has 0 aromatic heterocycles. The second-order valence-electron chi connectivity index (χ2n) is 7.42. The van der Waals surface area contributed by atoms with Crippen LogP contribution in [-0.2, 0) is 32.0 Å². The largest absolute Gasteiger partial charge is 1.00 e. The fourth-order valence-electron chi connectivity index (χ4n) is 3.76. The summed E-state index contributed by atoms with van der Waals surface area (Å²) in [4.78, 5) is 2.68. The smallest absolute Gasteiger partial charge is 1.00 e. The van der Waals surface area contributed by atoms with Crippen LogP contribution in [-0.4, -0.2) is 79.0 Å². The zero-order valence-electron chi connectivity index (χ0n) is 18.5. The van der Waals surface area contributed by atoms with Crippen molar-refractivity contribution in [3.8, 4) is 0 Å². The minimum atomic E-state index is 0. The molecular formula is C20H33BrKN5O4+2. The molecule has 2 heterocycles. The SMILES string of the molecule is N#[N+][N-]c1c2cccc1C[NH+]1CCOCCOCC[NH+](CCOCCOCC1)C2.[Br-].[K+]. The van der Waals surface area contributed by atoms with E-state index in [0.717, 1.165) is 56.1 Å². The number of azide groups is 1. The average molecular weight is 527 g/mol. The summed E-state index contributed by atoms with van der Waals surface area (Å²) in [6, 6.07) is 6.20. The molecule has 0 spiro atoms. The second kappa shape index (κ2) is 17.7. The molecule has 11 heteroatoms. The molecule has 1 aromatic carbocycles. The third-order valence-electron chi connectivity index (χ3n) is 5.37. The van der Waals surface area contributed by atoms with Gasteiger partial charge in [0.2, 0.25) is 0 Å². The third kappa shape index (κ3) is 10.9. The molecule has 0 atom stereocenters. The Morgan fingerprint density at radius 3 is 1.45 bits per heavy atom. The van der Waals surface area contributed by atoms with Crippen LogP contribution in [0.1, 0.15) is 11.1 Å². The Bertz CT molecular complexity index is 603. The van der Waals surface area contributed by atoms with Crippen LogP contribution < -0.4 is 78.2 Å². The minimum absolute atomic E-state index is 0. The first-order valence-electron chi connectivity index (χ1n) is 10.5. The molecule has 4 bridgehead atoms. The molecular weight excluding hydrogens is 493 g/mol. The summed E-state index contributed by atoms with van der Waals surface area (Å²) < 4.78 is 23.1. The van der Waals surface area contributed by atoms with Gasteiger partial charge >= 0.3 is 51.4 Å². The van der Waals surface area contributed by atoms with Gasteiger partial charge < -0.3 is 45.7 Å². The molecule has 0 aliphatic carbocycles. The molecule has 9 nitrogen and oxygen atoms in total. The summed E-state index contributed by atoms with van der Waals surface area (Å²) in [6.07, 6.45) is 0. The normalized spacial score (nSPS) is 23.8. The van der Waals surface area contributed by atoms with Crippen molar-refractivity contribution >= 4 is 5.69 Å². The van der Waals surface area contributed by atoms with Gasteiger partial charge in [0.05, 0.1) is 63.6 Å². The quantitative estimate of drug-likeness (QED) is 0.216.